The van der Waals surface area contributed by atoms with Crippen LogP contribution >= 0.6 is 11.3 Å². The molecule has 0 aliphatic rings. The maximum absolute atomic E-state index is 5.38. The summed E-state index contributed by atoms with van der Waals surface area (Å²) in [5.74, 6) is 0.902. The van der Waals surface area contributed by atoms with E-state index in [1.54, 1.807) is 18.4 Å². The molecule has 0 aliphatic carbocycles. The van der Waals surface area contributed by atoms with Crippen molar-refractivity contribution in [2.45, 2.75) is 0 Å². The van der Waals surface area contributed by atoms with Crippen molar-refractivity contribution in [3.63, 3.8) is 0 Å². The van der Waals surface area contributed by atoms with Gasteiger partial charge in [0.15, 0.2) is 0 Å². The highest BCUT2D eigenvalue weighted by atomic mass is 32.1. The first-order valence-electron chi connectivity index (χ1n) is 5.08. The van der Waals surface area contributed by atoms with Crippen molar-refractivity contribution >= 4 is 22.2 Å². The fourth-order valence-corrected chi connectivity index (χ4v) is 2.71. The molecular formula is C13H11NOS. The molecule has 0 saturated heterocycles. The molecule has 0 bridgehead atoms. The SMILES string of the molecule is COc1c[nH]c2cccc(-c3cccs3)c12. The van der Waals surface area contributed by atoms with Gasteiger partial charge in [0.05, 0.1) is 12.5 Å². The van der Waals surface area contributed by atoms with Crippen LogP contribution < -0.4 is 4.74 Å². The van der Waals surface area contributed by atoms with Crippen LogP contribution in [0.2, 0.25) is 0 Å². The van der Waals surface area contributed by atoms with Crippen molar-refractivity contribution in [3.8, 4) is 16.2 Å². The highest BCUT2D eigenvalue weighted by Crippen LogP contribution is 2.36. The second-order valence-electron chi connectivity index (χ2n) is 3.56. The topological polar surface area (TPSA) is 25.0 Å². The zero-order chi connectivity index (χ0) is 11.0. The van der Waals surface area contributed by atoms with Gasteiger partial charge in [0.2, 0.25) is 0 Å². The second kappa shape index (κ2) is 3.68. The maximum atomic E-state index is 5.38. The molecule has 0 saturated carbocycles. The van der Waals surface area contributed by atoms with Crippen LogP contribution in [-0.2, 0) is 0 Å². The summed E-state index contributed by atoms with van der Waals surface area (Å²) in [5, 5.41) is 3.25. The summed E-state index contributed by atoms with van der Waals surface area (Å²) in [4.78, 5) is 4.49. The number of H-pyrrole nitrogens is 1. The molecule has 0 atom stereocenters. The summed E-state index contributed by atoms with van der Waals surface area (Å²) >= 11 is 1.74. The van der Waals surface area contributed by atoms with Crippen molar-refractivity contribution in [1.82, 2.24) is 4.98 Å². The smallest absolute Gasteiger partial charge is 0.144 e. The number of rotatable bonds is 2. The van der Waals surface area contributed by atoms with Crippen molar-refractivity contribution in [3.05, 3.63) is 41.9 Å². The number of aromatic amines is 1. The molecule has 16 heavy (non-hydrogen) atoms. The summed E-state index contributed by atoms with van der Waals surface area (Å²) in [6.07, 6.45) is 1.90. The Labute approximate surface area is 97.5 Å². The summed E-state index contributed by atoms with van der Waals surface area (Å²) in [7, 11) is 1.70. The molecule has 0 aliphatic heterocycles. The number of benzene rings is 1. The predicted molar refractivity (Wildman–Crippen MR) is 68.2 cm³/mol. The highest BCUT2D eigenvalue weighted by Gasteiger charge is 2.10. The number of aromatic nitrogens is 1. The van der Waals surface area contributed by atoms with Crippen molar-refractivity contribution in [2.24, 2.45) is 0 Å². The molecule has 0 spiro atoms. The average molecular weight is 229 g/mol. The van der Waals surface area contributed by atoms with E-state index in [1.807, 2.05) is 6.20 Å². The first kappa shape index (κ1) is 9.48. The highest BCUT2D eigenvalue weighted by molar-refractivity contribution is 7.13. The third-order valence-electron chi connectivity index (χ3n) is 2.68. The van der Waals surface area contributed by atoms with Gasteiger partial charge in [0.25, 0.3) is 0 Å². The van der Waals surface area contributed by atoms with Gasteiger partial charge in [0.1, 0.15) is 5.75 Å². The Balaban J connectivity index is 2.35. The third-order valence-corrected chi connectivity index (χ3v) is 3.58. The van der Waals surface area contributed by atoms with Gasteiger partial charge in [-0.15, -0.1) is 11.3 Å². The van der Waals surface area contributed by atoms with E-state index in [4.69, 9.17) is 4.74 Å². The molecule has 0 unspecified atom stereocenters. The Kier molecular flexibility index (Phi) is 2.18. The minimum Gasteiger partial charge on any atom is -0.494 e. The van der Waals surface area contributed by atoms with Crippen molar-refractivity contribution in [2.75, 3.05) is 7.11 Å². The molecule has 2 heterocycles. The van der Waals surface area contributed by atoms with Crippen LogP contribution in [0.3, 0.4) is 0 Å². The van der Waals surface area contributed by atoms with Gasteiger partial charge < -0.3 is 9.72 Å². The maximum Gasteiger partial charge on any atom is 0.144 e. The van der Waals surface area contributed by atoms with E-state index < -0.39 is 0 Å². The Morgan fingerprint density at radius 1 is 1.19 bits per heavy atom. The molecule has 3 aromatic rings. The lowest BCUT2D eigenvalue weighted by molar-refractivity contribution is 0.420. The molecular weight excluding hydrogens is 218 g/mol. The van der Waals surface area contributed by atoms with Crippen LogP contribution in [0.25, 0.3) is 21.3 Å². The largest absolute Gasteiger partial charge is 0.494 e. The number of methoxy groups -OCH3 is 1. The second-order valence-corrected chi connectivity index (χ2v) is 4.51. The van der Waals surface area contributed by atoms with E-state index in [0.29, 0.717) is 0 Å². The van der Waals surface area contributed by atoms with Gasteiger partial charge in [-0.3, -0.25) is 0 Å². The van der Waals surface area contributed by atoms with E-state index >= 15 is 0 Å². The molecule has 2 nitrogen and oxygen atoms in total. The van der Waals surface area contributed by atoms with Crippen LogP contribution in [0.15, 0.2) is 41.9 Å². The van der Waals surface area contributed by atoms with Crippen LogP contribution in [0.1, 0.15) is 0 Å². The lowest BCUT2D eigenvalue weighted by Crippen LogP contribution is -1.81. The third kappa shape index (κ3) is 1.32. The van der Waals surface area contributed by atoms with Gasteiger partial charge in [0, 0.05) is 22.2 Å². The van der Waals surface area contributed by atoms with Gasteiger partial charge in [-0.05, 0) is 17.5 Å². The first-order chi connectivity index (χ1) is 7.90. The number of hydrogen-bond acceptors (Lipinski definition) is 2. The number of hydrogen-bond donors (Lipinski definition) is 1. The van der Waals surface area contributed by atoms with E-state index in [2.05, 4.69) is 40.7 Å². The van der Waals surface area contributed by atoms with E-state index in [1.165, 1.54) is 10.4 Å². The summed E-state index contributed by atoms with van der Waals surface area (Å²) in [5.41, 5.74) is 2.34. The molecule has 1 aromatic carbocycles. The molecule has 0 fully saturated rings. The number of ether oxygens (including phenoxy) is 1. The van der Waals surface area contributed by atoms with Crippen LogP contribution in [-0.4, -0.2) is 12.1 Å². The standard InChI is InChI=1S/C13H11NOS/c1-15-11-8-14-10-5-2-4-9(13(10)11)12-6-3-7-16-12/h2-8,14H,1H3. The van der Waals surface area contributed by atoms with Gasteiger partial charge in [-0.1, -0.05) is 18.2 Å². The molecule has 3 rings (SSSR count). The lowest BCUT2D eigenvalue weighted by Gasteiger charge is -2.03. The number of nitrogens with one attached hydrogen (secondary N) is 1. The molecule has 2 aromatic heterocycles. The number of fused-ring (bicyclic) bond motifs is 1. The zero-order valence-corrected chi connectivity index (χ0v) is 9.67. The number of thiophene rings is 1. The fourth-order valence-electron chi connectivity index (χ4n) is 1.95. The van der Waals surface area contributed by atoms with Gasteiger partial charge >= 0.3 is 0 Å². The van der Waals surface area contributed by atoms with Crippen LogP contribution in [0.5, 0.6) is 5.75 Å². The summed E-state index contributed by atoms with van der Waals surface area (Å²) in [6.45, 7) is 0. The summed E-state index contributed by atoms with van der Waals surface area (Å²) in [6, 6.07) is 10.5. The van der Waals surface area contributed by atoms with Gasteiger partial charge in [-0.25, -0.2) is 0 Å². The molecule has 0 amide bonds. The minimum absolute atomic E-state index is 0.902. The van der Waals surface area contributed by atoms with E-state index in [0.717, 1.165) is 16.7 Å². The van der Waals surface area contributed by atoms with E-state index in [-0.39, 0.29) is 0 Å². The molecule has 0 radical (unpaired) electrons. The summed E-state index contributed by atoms with van der Waals surface area (Å²) < 4.78 is 5.38. The average Bonchev–Trinajstić information content (AvgIpc) is 2.97. The fraction of sp³-hybridized carbons (Fsp3) is 0.0769. The molecule has 3 heteroatoms. The lowest BCUT2D eigenvalue weighted by atomic mass is 10.1. The van der Waals surface area contributed by atoms with Crippen molar-refractivity contribution in [1.29, 1.82) is 0 Å². The van der Waals surface area contributed by atoms with Crippen LogP contribution in [0.4, 0.5) is 0 Å². The zero-order valence-electron chi connectivity index (χ0n) is 8.86. The Hall–Kier alpha value is -1.74. The van der Waals surface area contributed by atoms with Crippen molar-refractivity contribution < 1.29 is 4.74 Å². The molecule has 1 N–H and O–H groups in total. The Morgan fingerprint density at radius 2 is 2.12 bits per heavy atom. The molecule has 80 valence electrons. The first-order valence-corrected chi connectivity index (χ1v) is 5.96. The normalized spacial score (nSPS) is 10.8. The monoisotopic (exact) mass is 229 g/mol. The van der Waals surface area contributed by atoms with Gasteiger partial charge in [-0.2, -0.15) is 0 Å². The van der Waals surface area contributed by atoms with E-state index in [9.17, 15) is 0 Å². The minimum atomic E-state index is 0.902. The quantitative estimate of drug-likeness (QED) is 0.708. The van der Waals surface area contributed by atoms with Crippen LogP contribution in [0, 0.1) is 0 Å². The Bertz CT molecular complexity index is 610. The Morgan fingerprint density at radius 3 is 2.88 bits per heavy atom. The predicted octanol–water partition coefficient (Wildman–Crippen LogP) is 3.91.